The first-order chi connectivity index (χ1) is 4.18. The van der Waals surface area contributed by atoms with Crippen LogP contribution >= 0.6 is 0 Å². The highest BCUT2D eigenvalue weighted by molar-refractivity contribution is 5.92. The molecule has 0 rings (SSSR count). The highest BCUT2D eigenvalue weighted by Gasteiger charge is 2.01. The maximum absolute atomic E-state index is 10.6. The van der Waals surface area contributed by atoms with Crippen LogP contribution in [0.4, 0.5) is 0 Å². The molecule has 0 bridgehead atoms. The van der Waals surface area contributed by atoms with Gasteiger partial charge in [-0.15, -0.1) is 0 Å². The number of aliphatic hydroxyl groups is 1. The van der Waals surface area contributed by atoms with Crippen LogP contribution in [0.3, 0.4) is 0 Å². The van der Waals surface area contributed by atoms with Crippen LogP contribution < -0.4 is 0 Å². The van der Waals surface area contributed by atoms with Gasteiger partial charge in [-0.1, -0.05) is 13.0 Å². The summed E-state index contributed by atoms with van der Waals surface area (Å²) in [7, 11) is 0. The number of ketones is 1. The van der Waals surface area contributed by atoms with Crippen molar-refractivity contribution in [3.05, 3.63) is 12.2 Å². The zero-order valence-electron chi connectivity index (χ0n) is 5.79. The fourth-order valence-corrected chi connectivity index (χ4v) is 0.373. The molecular weight excluding hydrogens is 116 g/mol. The molecule has 1 unspecified atom stereocenters. The first-order valence-corrected chi connectivity index (χ1v) is 3.07. The highest BCUT2D eigenvalue weighted by atomic mass is 16.3. The number of rotatable bonds is 3. The van der Waals surface area contributed by atoms with Crippen LogP contribution in [-0.4, -0.2) is 17.0 Å². The van der Waals surface area contributed by atoms with Crippen LogP contribution in [-0.2, 0) is 4.79 Å². The lowest BCUT2D eigenvalue weighted by Gasteiger charge is -1.94. The normalized spacial score (nSPS) is 14.1. The van der Waals surface area contributed by atoms with Gasteiger partial charge in [0.25, 0.3) is 0 Å². The SMILES string of the molecule is CC/C=C/C(=O)C(C)O. The molecule has 0 aliphatic heterocycles. The predicted molar refractivity (Wildman–Crippen MR) is 36.1 cm³/mol. The molecule has 2 heteroatoms. The minimum atomic E-state index is -0.854. The number of carbonyl (C=O) groups is 1. The number of allylic oxidation sites excluding steroid dienone is 1. The summed E-state index contributed by atoms with van der Waals surface area (Å²) in [6.07, 6.45) is 3.12. The van der Waals surface area contributed by atoms with Crippen LogP contribution in [0.1, 0.15) is 20.3 Å². The molecule has 52 valence electrons. The van der Waals surface area contributed by atoms with Gasteiger partial charge in [0.15, 0.2) is 5.78 Å². The van der Waals surface area contributed by atoms with Crippen molar-refractivity contribution >= 4 is 5.78 Å². The Hall–Kier alpha value is -0.630. The van der Waals surface area contributed by atoms with Gasteiger partial charge in [0.2, 0.25) is 0 Å². The fraction of sp³-hybridized carbons (Fsp3) is 0.571. The maximum Gasteiger partial charge on any atom is 0.183 e. The average Bonchev–Trinajstić information content (AvgIpc) is 1.82. The first-order valence-electron chi connectivity index (χ1n) is 3.07. The third kappa shape index (κ3) is 3.91. The Morgan fingerprint density at radius 1 is 1.78 bits per heavy atom. The van der Waals surface area contributed by atoms with E-state index in [1.807, 2.05) is 6.92 Å². The summed E-state index contributed by atoms with van der Waals surface area (Å²) in [5, 5.41) is 8.65. The Morgan fingerprint density at radius 2 is 2.33 bits per heavy atom. The Balaban J connectivity index is 3.63. The monoisotopic (exact) mass is 128 g/mol. The predicted octanol–water partition coefficient (Wildman–Crippen LogP) is 0.903. The lowest BCUT2D eigenvalue weighted by molar-refractivity contribution is -0.121. The number of hydrogen-bond donors (Lipinski definition) is 1. The molecule has 2 nitrogen and oxygen atoms in total. The molecule has 1 atom stereocenters. The van der Waals surface area contributed by atoms with E-state index < -0.39 is 6.10 Å². The van der Waals surface area contributed by atoms with Crippen molar-refractivity contribution in [2.75, 3.05) is 0 Å². The molecule has 0 fully saturated rings. The summed E-state index contributed by atoms with van der Waals surface area (Å²) < 4.78 is 0. The Morgan fingerprint density at radius 3 is 2.67 bits per heavy atom. The largest absolute Gasteiger partial charge is 0.385 e. The molecule has 0 saturated carbocycles. The van der Waals surface area contributed by atoms with Gasteiger partial charge in [-0.3, -0.25) is 4.79 Å². The molecule has 0 aromatic rings. The molecule has 0 heterocycles. The highest BCUT2D eigenvalue weighted by Crippen LogP contribution is 1.87. The van der Waals surface area contributed by atoms with Gasteiger partial charge in [-0.05, 0) is 19.4 Å². The van der Waals surface area contributed by atoms with Crippen molar-refractivity contribution in [2.24, 2.45) is 0 Å². The zero-order chi connectivity index (χ0) is 7.28. The average molecular weight is 128 g/mol. The Labute approximate surface area is 55.2 Å². The van der Waals surface area contributed by atoms with Gasteiger partial charge < -0.3 is 5.11 Å². The summed E-state index contributed by atoms with van der Waals surface area (Å²) in [6, 6.07) is 0. The molecule has 0 saturated heterocycles. The summed E-state index contributed by atoms with van der Waals surface area (Å²) in [6.45, 7) is 3.40. The van der Waals surface area contributed by atoms with E-state index in [0.717, 1.165) is 6.42 Å². The second-order valence-electron chi connectivity index (χ2n) is 1.89. The molecule has 0 spiro atoms. The summed E-state index contributed by atoms with van der Waals surface area (Å²) in [5.41, 5.74) is 0. The number of hydrogen-bond acceptors (Lipinski definition) is 2. The molecule has 0 aromatic carbocycles. The topological polar surface area (TPSA) is 37.3 Å². The van der Waals surface area contributed by atoms with Crippen LogP contribution in [0.5, 0.6) is 0 Å². The van der Waals surface area contributed by atoms with E-state index in [9.17, 15) is 4.79 Å². The summed E-state index contributed by atoms with van der Waals surface area (Å²) in [5.74, 6) is -0.225. The summed E-state index contributed by atoms with van der Waals surface area (Å²) in [4.78, 5) is 10.6. The lowest BCUT2D eigenvalue weighted by Crippen LogP contribution is -2.12. The van der Waals surface area contributed by atoms with E-state index in [4.69, 9.17) is 5.11 Å². The minimum Gasteiger partial charge on any atom is -0.385 e. The molecule has 9 heavy (non-hydrogen) atoms. The molecule has 0 aromatic heterocycles. The number of carbonyl (C=O) groups excluding carboxylic acids is 1. The fourth-order valence-electron chi connectivity index (χ4n) is 0.373. The van der Waals surface area contributed by atoms with E-state index in [2.05, 4.69) is 0 Å². The van der Waals surface area contributed by atoms with Gasteiger partial charge in [-0.25, -0.2) is 0 Å². The van der Waals surface area contributed by atoms with Crippen molar-refractivity contribution in [1.29, 1.82) is 0 Å². The quantitative estimate of drug-likeness (QED) is 0.573. The number of aliphatic hydroxyl groups excluding tert-OH is 1. The van der Waals surface area contributed by atoms with Gasteiger partial charge in [0.1, 0.15) is 6.10 Å². The van der Waals surface area contributed by atoms with Crippen LogP contribution in [0.15, 0.2) is 12.2 Å². The molecular formula is C7H12O2. The van der Waals surface area contributed by atoms with Crippen LogP contribution in [0, 0.1) is 0 Å². The molecule has 0 amide bonds. The van der Waals surface area contributed by atoms with E-state index in [1.54, 1.807) is 6.08 Å². The van der Waals surface area contributed by atoms with Crippen LogP contribution in [0.2, 0.25) is 0 Å². The second-order valence-corrected chi connectivity index (χ2v) is 1.89. The first kappa shape index (κ1) is 8.37. The van der Waals surface area contributed by atoms with Gasteiger partial charge in [-0.2, -0.15) is 0 Å². The van der Waals surface area contributed by atoms with E-state index >= 15 is 0 Å². The molecule has 0 radical (unpaired) electrons. The van der Waals surface area contributed by atoms with Crippen molar-refractivity contribution in [1.82, 2.24) is 0 Å². The smallest absolute Gasteiger partial charge is 0.183 e. The Kier molecular flexibility index (Phi) is 3.97. The van der Waals surface area contributed by atoms with Gasteiger partial charge in [0, 0.05) is 0 Å². The second kappa shape index (κ2) is 4.27. The van der Waals surface area contributed by atoms with Gasteiger partial charge >= 0.3 is 0 Å². The van der Waals surface area contributed by atoms with Crippen molar-refractivity contribution in [3.63, 3.8) is 0 Å². The van der Waals surface area contributed by atoms with Crippen molar-refractivity contribution in [2.45, 2.75) is 26.4 Å². The van der Waals surface area contributed by atoms with Crippen LogP contribution in [0.25, 0.3) is 0 Å². The van der Waals surface area contributed by atoms with Crippen molar-refractivity contribution < 1.29 is 9.90 Å². The zero-order valence-corrected chi connectivity index (χ0v) is 5.79. The third-order valence-electron chi connectivity index (χ3n) is 0.930. The standard InChI is InChI=1S/C7H12O2/c1-3-4-5-7(9)6(2)8/h4-6,8H,3H2,1-2H3/b5-4+. The maximum atomic E-state index is 10.6. The molecule has 0 aliphatic carbocycles. The van der Waals surface area contributed by atoms with E-state index in [-0.39, 0.29) is 5.78 Å². The lowest BCUT2D eigenvalue weighted by atomic mass is 10.2. The molecule has 0 aliphatic rings. The van der Waals surface area contributed by atoms with E-state index in [1.165, 1.54) is 13.0 Å². The van der Waals surface area contributed by atoms with Crippen molar-refractivity contribution in [3.8, 4) is 0 Å². The molecule has 1 N–H and O–H groups in total. The van der Waals surface area contributed by atoms with E-state index in [0.29, 0.717) is 0 Å². The van der Waals surface area contributed by atoms with Gasteiger partial charge in [0.05, 0.1) is 0 Å². The minimum absolute atomic E-state index is 0.225. The third-order valence-corrected chi connectivity index (χ3v) is 0.930. The summed E-state index contributed by atoms with van der Waals surface area (Å²) >= 11 is 0. The Bertz CT molecular complexity index is 114.